The van der Waals surface area contributed by atoms with E-state index in [1.807, 2.05) is 38.4 Å². The highest BCUT2D eigenvalue weighted by atomic mass is 35.5. The second-order valence-electron chi connectivity index (χ2n) is 4.54. The monoisotopic (exact) mass is 304 g/mol. The smallest absolute Gasteiger partial charge is 0.228 e. The van der Waals surface area contributed by atoms with Crippen LogP contribution in [0.3, 0.4) is 0 Å². The number of benzene rings is 1. The average molecular weight is 305 g/mol. The lowest BCUT2D eigenvalue weighted by molar-refractivity contribution is 0.410. The van der Waals surface area contributed by atoms with Crippen molar-refractivity contribution in [1.82, 2.24) is 25.0 Å². The number of halogens is 1. The molecule has 3 aromatic rings. The third-order valence-corrected chi connectivity index (χ3v) is 3.16. The van der Waals surface area contributed by atoms with E-state index in [0.29, 0.717) is 28.5 Å². The van der Waals surface area contributed by atoms with Gasteiger partial charge < -0.3 is 9.64 Å². The van der Waals surface area contributed by atoms with Gasteiger partial charge in [-0.1, -0.05) is 23.7 Å². The van der Waals surface area contributed by atoms with Gasteiger partial charge in [-0.05, 0) is 12.1 Å². The lowest BCUT2D eigenvalue weighted by atomic mass is 10.3. The minimum Gasteiger partial charge on any atom is -0.494 e. The predicted molar refractivity (Wildman–Crippen MR) is 80.3 cm³/mol. The van der Waals surface area contributed by atoms with Crippen LogP contribution in [0.5, 0.6) is 5.75 Å². The number of fused-ring (bicyclic) bond motifs is 1. The summed E-state index contributed by atoms with van der Waals surface area (Å²) in [5, 5.41) is 8.97. The van der Waals surface area contributed by atoms with Crippen LogP contribution in [0.2, 0.25) is 5.15 Å². The van der Waals surface area contributed by atoms with Gasteiger partial charge in [-0.25, -0.2) is 0 Å². The summed E-state index contributed by atoms with van der Waals surface area (Å²) >= 11 is 6.16. The maximum absolute atomic E-state index is 6.16. The number of para-hydroxylation sites is 2. The number of aromatic nitrogens is 5. The molecule has 0 N–H and O–H groups in total. The molecule has 0 fully saturated rings. The van der Waals surface area contributed by atoms with E-state index in [4.69, 9.17) is 16.3 Å². The molecule has 8 heteroatoms. The van der Waals surface area contributed by atoms with Crippen molar-refractivity contribution in [3.8, 4) is 11.4 Å². The Labute approximate surface area is 126 Å². The lowest BCUT2D eigenvalue weighted by Crippen LogP contribution is -2.12. The molecule has 2 heterocycles. The Kier molecular flexibility index (Phi) is 3.34. The molecule has 0 unspecified atom stereocenters. The first kappa shape index (κ1) is 13.6. The summed E-state index contributed by atoms with van der Waals surface area (Å²) in [6.07, 6.45) is 0. The molecule has 0 radical (unpaired) electrons. The number of hydrogen-bond acceptors (Lipinski definition) is 6. The summed E-state index contributed by atoms with van der Waals surface area (Å²) in [7, 11) is 5.27. The first-order valence-electron chi connectivity index (χ1n) is 6.21. The Bertz CT molecular complexity index is 800. The molecular weight excluding hydrogens is 292 g/mol. The number of methoxy groups -OCH3 is 1. The van der Waals surface area contributed by atoms with E-state index in [9.17, 15) is 0 Å². The van der Waals surface area contributed by atoms with Crippen molar-refractivity contribution < 1.29 is 4.74 Å². The minimum absolute atomic E-state index is 0.268. The molecule has 0 aliphatic rings. The third kappa shape index (κ3) is 2.36. The molecule has 0 aliphatic heterocycles. The van der Waals surface area contributed by atoms with Crippen molar-refractivity contribution in [3.63, 3.8) is 0 Å². The van der Waals surface area contributed by atoms with E-state index < -0.39 is 0 Å². The van der Waals surface area contributed by atoms with E-state index in [-0.39, 0.29) is 5.15 Å². The van der Waals surface area contributed by atoms with Crippen LogP contribution in [-0.4, -0.2) is 46.2 Å². The summed E-state index contributed by atoms with van der Waals surface area (Å²) in [4.78, 5) is 11.7. The zero-order valence-corrected chi connectivity index (χ0v) is 12.5. The van der Waals surface area contributed by atoms with Crippen LogP contribution in [0.15, 0.2) is 24.3 Å². The molecule has 0 atom stereocenters. The number of anilines is 1. The second-order valence-corrected chi connectivity index (χ2v) is 4.90. The summed E-state index contributed by atoms with van der Waals surface area (Å²) in [6, 6.07) is 7.45. The molecule has 0 spiro atoms. The van der Waals surface area contributed by atoms with Crippen LogP contribution in [0.25, 0.3) is 16.9 Å². The third-order valence-electron chi connectivity index (χ3n) is 2.90. The fourth-order valence-corrected chi connectivity index (χ4v) is 2.07. The molecule has 21 heavy (non-hydrogen) atoms. The van der Waals surface area contributed by atoms with E-state index in [0.717, 1.165) is 0 Å². The van der Waals surface area contributed by atoms with Crippen molar-refractivity contribution in [3.05, 3.63) is 29.4 Å². The Balaban J connectivity index is 2.19. The van der Waals surface area contributed by atoms with Crippen molar-refractivity contribution in [2.24, 2.45) is 0 Å². The van der Waals surface area contributed by atoms with Gasteiger partial charge in [0.2, 0.25) is 11.6 Å². The Morgan fingerprint density at radius 1 is 1.14 bits per heavy atom. The highest BCUT2D eigenvalue weighted by molar-refractivity contribution is 6.33. The molecule has 108 valence electrons. The van der Waals surface area contributed by atoms with Crippen LogP contribution < -0.4 is 9.64 Å². The Morgan fingerprint density at radius 3 is 2.62 bits per heavy atom. The van der Waals surface area contributed by atoms with Crippen molar-refractivity contribution >= 4 is 28.7 Å². The highest BCUT2D eigenvalue weighted by Crippen LogP contribution is 2.24. The molecule has 0 amide bonds. The zero-order valence-electron chi connectivity index (χ0n) is 11.8. The van der Waals surface area contributed by atoms with Crippen LogP contribution in [0, 0.1) is 0 Å². The van der Waals surface area contributed by atoms with Gasteiger partial charge in [0.05, 0.1) is 7.11 Å². The molecule has 7 nitrogen and oxygen atoms in total. The van der Waals surface area contributed by atoms with E-state index in [1.165, 1.54) is 4.80 Å². The molecule has 0 aliphatic carbocycles. The second kappa shape index (κ2) is 5.17. The topological polar surface area (TPSA) is 69.0 Å². The molecule has 0 saturated carbocycles. The van der Waals surface area contributed by atoms with Gasteiger partial charge in [-0.3, -0.25) is 0 Å². The van der Waals surface area contributed by atoms with E-state index in [1.54, 1.807) is 12.0 Å². The van der Waals surface area contributed by atoms with Gasteiger partial charge in [-0.2, -0.15) is 9.97 Å². The van der Waals surface area contributed by atoms with E-state index in [2.05, 4.69) is 20.2 Å². The fourth-order valence-electron chi connectivity index (χ4n) is 1.87. The Hall–Kier alpha value is -2.41. The molecule has 2 aromatic heterocycles. The Morgan fingerprint density at radius 2 is 1.90 bits per heavy atom. The van der Waals surface area contributed by atoms with Gasteiger partial charge in [0.1, 0.15) is 11.4 Å². The van der Waals surface area contributed by atoms with Gasteiger partial charge >= 0.3 is 0 Å². The SMILES string of the molecule is COc1ccccc1-n1nc2nc(N(C)C)nc(Cl)c2n1. The normalized spacial score (nSPS) is 10.9. The zero-order chi connectivity index (χ0) is 15.0. The summed E-state index contributed by atoms with van der Waals surface area (Å²) < 4.78 is 5.31. The predicted octanol–water partition coefficient (Wildman–Crippen LogP) is 1.94. The van der Waals surface area contributed by atoms with Gasteiger partial charge in [0, 0.05) is 14.1 Å². The molecule has 0 bridgehead atoms. The van der Waals surface area contributed by atoms with Crippen molar-refractivity contribution in [1.29, 1.82) is 0 Å². The van der Waals surface area contributed by atoms with E-state index >= 15 is 0 Å². The summed E-state index contributed by atoms with van der Waals surface area (Å²) in [6.45, 7) is 0. The van der Waals surface area contributed by atoms with Crippen LogP contribution >= 0.6 is 11.6 Å². The first-order valence-corrected chi connectivity index (χ1v) is 6.59. The first-order chi connectivity index (χ1) is 10.1. The fraction of sp³-hybridized carbons (Fsp3) is 0.231. The molecular formula is C13H13ClN6O. The van der Waals surface area contributed by atoms with Gasteiger partial charge in [0.15, 0.2) is 10.7 Å². The highest BCUT2D eigenvalue weighted by Gasteiger charge is 2.15. The van der Waals surface area contributed by atoms with Gasteiger partial charge in [-0.15, -0.1) is 15.0 Å². The quantitative estimate of drug-likeness (QED) is 0.689. The summed E-state index contributed by atoms with van der Waals surface area (Å²) in [5.74, 6) is 1.15. The van der Waals surface area contributed by atoms with Crippen LogP contribution in [-0.2, 0) is 0 Å². The van der Waals surface area contributed by atoms with Crippen LogP contribution in [0.4, 0.5) is 5.95 Å². The molecule has 1 aromatic carbocycles. The maximum atomic E-state index is 6.16. The maximum Gasteiger partial charge on any atom is 0.228 e. The van der Waals surface area contributed by atoms with Crippen LogP contribution in [0.1, 0.15) is 0 Å². The average Bonchev–Trinajstić information content (AvgIpc) is 2.91. The number of hydrogen-bond donors (Lipinski definition) is 0. The summed E-state index contributed by atoms with van der Waals surface area (Å²) in [5.41, 5.74) is 1.60. The number of ether oxygens (including phenoxy) is 1. The minimum atomic E-state index is 0.268. The van der Waals surface area contributed by atoms with Crippen molar-refractivity contribution in [2.45, 2.75) is 0 Å². The van der Waals surface area contributed by atoms with Crippen molar-refractivity contribution in [2.75, 3.05) is 26.1 Å². The number of nitrogens with zero attached hydrogens (tertiary/aromatic N) is 6. The number of rotatable bonds is 3. The molecule has 3 rings (SSSR count). The standard InChI is InChI=1S/C13H13ClN6O/c1-19(2)13-15-11(14)10-12(16-13)18-20(17-10)8-6-4-5-7-9(8)21-3/h4-7H,1-3H3. The molecule has 0 saturated heterocycles. The largest absolute Gasteiger partial charge is 0.494 e. The lowest BCUT2D eigenvalue weighted by Gasteiger charge is -2.08. The van der Waals surface area contributed by atoms with Gasteiger partial charge in [0.25, 0.3) is 0 Å².